The van der Waals surface area contributed by atoms with Gasteiger partial charge in [-0.3, -0.25) is 14.5 Å². The van der Waals surface area contributed by atoms with E-state index >= 15 is 0 Å². The van der Waals surface area contributed by atoms with Gasteiger partial charge in [0.05, 0.1) is 5.75 Å². The minimum absolute atomic E-state index is 0.128. The van der Waals surface area contributed by atoms with Crippen molar-refractivity contribution >= 4 is 35.0 Å². The molecular formula is C12H16N4O4S. The number of imide groups is 2. The van der Waals surface area contributed by atoms with Crippen molar-refractivity contribution in [2.75, 3.05) is 31.9 Å². The molecule has 0 saturated carbocycles. The molecule has 0 spiro atoms. The van der Waals surface area contributed by atoms with Crippen LogP contribution in [0.4, 0.5) is 14.4 Å². The van der Waals surface area contributed by atoms with E-state index in [0.717, 1.165) is 11.8 Å². The number of carbonyl (C=O) groups excluding carboxylic acids is 4. The minimum Gasteiger partial charge on any atom is -0.336 e. The summed E-state index contributed by atoms with van der Waals surface area (Å²) >= 11 is 1.03. The minimum atomic E-state index is -0.358. The largest absolute Gasteiger partial charge is 0.336 e. The van der Waals surface area contributed by atoms with Crippen molar-refractivity contribution in [3.05, 3.63) is 0 Å². The van der Waals surface area contributed by atoms with Crippen LogP contribution in [0.3, 0.4) is 0 Å². The average molecular weight is 312 g/mol. The third-order valence-electron chi connectivity index (χ3n) is 3.97. The number of piperidine rings is 1. The number of nitrogens with one attached hydrogen (secondary N) is 1. The zero-order valence-corrected chi connectivity index (χ0v) is 12.2. The molecule has 3 aliphatic heterocycles. The van der Waals surface area contributed by atoms with Crippen LogP contribution in [-0.2, 0) is 4.79 Å². The van der Waals surface area contributed by atoms with Crippen molar-refractivity contribution in [3.63, 3.8) is 0 Å². The number of urea groups is 2. The first-order valence-corrected chi connectivity index (χ1v) is 7.89. The number of carbonyl (C=O) groups is 4. The maximum atomic E-state index is 12.2. The van der Waals surface area contributed by atoms with E-state index in [1.165, 1.54) is 9.80 Å². The van der Waals surface area contributed by atoms with Crippen LogP contribution in [0, 0.1) is 0 Å². The molecule has 3 rings (SSSR count). The molecule has 0 aromatic heterocycles. The van der Waals surface area contributed by atoms with Gasteiger partial charge >= 0.3 is 12.1 Å². The van der Waals surface area contributed by atoms with E-state index in [1.807, 2.05) is 0 Å². The normalized spacial score (nSPS) is 24.0. The van der Waals surface area contributed by atoms with Crippen LogP contribution in [0.2, 0.25) is 0 Å². The van der Waals surface area contributed by atoms with Gasteiger partial charge < -0.3 is 10.2 Å². The summed E-state index contributed by atoms with van der Waals surface area (Å²) in [5, 5.41) is 2.40. The van der Waals surface area contributed by atoms with Gasteiger partial charge in [0.2, 0.25) is 5.91 Å². The number of rotatable bonds is 1. The van der Waals surface area contributed by atoms with E-state index in [4.69, 9.17) is 0 Å². The number of nitrogens with zero attached hydrogens (tertiary/aromatic N) is 3. The van der Waals surface area contributed by atoms with Crippen LogP contribution in [-0.4, -0.2) is 75.9 Å². The molecule has 3 heterocycles. The molecule has 3 fully saturated rings. The number of hydrogen-bond donors (Lipinski definition) is 1. The third-order valence-corrected chi connectivity index (χ3v) is 4.81. The van der Waals surface area contributed by atoms with Crippen LogP contribution in [0.25, 0.3) is 0 Å². The predicted octanol–water partition coefficient (Wildman–Crippen LogP) is 0.291. The van der Waals surface area contributed by atoms with Gasteiger partial charge in [0.25, 0.3) is 5.24 Å². The van der Waals surface area contributed by atoms with Gasteiger partial charge in [-0.2, -0.15) is 0 Å². The molecule has 0 unspecified atom stereocenters. The zero-order valence-electron chi connectivity index (χ0n) is 11.4. The lowest BCUT2D eigenvalue weighted by Crippen LogP contribution is -2.52. The molecule has 6 amide bonds. The third kappa shape index (κ3) is 2.57. The molecule has 0 radical (unpaired) electrons. The molecule has 0 aromatic rings. The Balaban J connectivity index is 1.58. The fourth-order valence-electron chi connectivity index (χ4n) is 2.86. The van der Waals surface area contributed by atoms with Gasteiger partial charge in [-0.05, 0) is 12.8 Å². The SMILES string of the molecule is O=C1NCCN1C(=O)N1CCC(N2C(=O)CSC2=O)CC1. The molecular weight excluding hydrogens is 296 g/mol. The summed E-state index contributed by atoms with van der Waals surface area (Å²) in [4.78, 5) is 51.2. The van der Waals surface area contributed by atoms with E-state index in [1.54, 1.807) is 4.90 Å². The summed E-state index contributed by atoms with van der Waals surface area (Å²) < 4.78 is 0. The molecule has 114 valence electrons. The lowest BCUT2D eigenvalue weighted by atomic mass is 10.0. The highest BCUT2D eigenvalue weighted by molar-refractivity contribution is 8.14. The van der Waals surface area contributed by atoms with Crippen LogP contribution >= 0.6 is 11.8 Å². The van der Waals surface area contributed by atoms with Gasteiger partial charge in [-0.15, -0.1) is 0 Å². The van der Waals surface area contributed by atoms with Crippen molar-refractivity contribution < 1.29 is 19.2 Å². The van der Waals surface area contributed by atoms with Gasteiger partial charge in [-0.1, -0.05) is 11.8 Å². The fourth-order valence-corrected chi connectivity index (χ4v) is 3.63. The lowest BCUT2D eigenvalue weighted by molar-refractivity contribution is -0.126. The molecule has 8 nitrogen and oxygen atoms in total. The van der Waals surface area contributed by atoms with E-state index in [2.05, 4.69) is 5.32 Å². The summed E-state index contributed by atoms with van der Waals surface area (Å²) in [6.45, 7) is 1.77. The molecule has 3 saturated heterocycles. The Morgan fingerprint density at radius 1 is 1.14 bits per heavy atom. The van der Waals surface area contributed by atoms with Crippen molar-refractivity contribution in [3.8, 4) is 0 Å². The highest BCUT2D eigenvalue weighted by atomic mass is 32.2. The smallest absolute Gasteiger partial charge is 0.328 e. The lowest BCUT2D eigenvalue weighted by Gasteiger charge is -2.36. The predicted molar refractivity (Wildman–Crippen MR) is 74.8 cm³/mol. The van der Waals surface area contributed by atoms with Crippen molar-refractivity contribution in [2.24, 2.45) is 0 Å². The first-order valence-electron chi connectivity index (χ1n) is 6.91. The van der Waals surface area contributed by atoms with E-state index in [-0.39, 0.29) is 35.0 Å². The standard InChI is InChI=1S/C12H16N4O4S/c17-9-7-21-12(20)16(9)8-1-4-14(5-2-8)11(19)15-6-3-13-10(15)18/h8H,1-7H2,(H,13,18). The van der Waals surface area contributed by atoms with Crippen LogP contribution in [0.1, 0.15) is 12.8 Å². The van der Waals surface area contributed by atoms with Crippen LogP contribution in [0.15, 0.2) is 0 Å². The molecule has 0 aliphatic carbocycles. The second-order valence-corrected chi connectivity index (χ2v) is 6.13. The number of amides is 6. The molecule has 3 aliphatic rings. The molecule has 1 N–H and O–H groups in total. The molecule has 21 heavy (non-hydrogen) atoms. The van der Waals surface area contributed by atoms with Crippen LogP contribution in [0.5, 0.6) is 0 Å². The Morgan fingerprint density at radius 3 is 2.38 bits per heavy atom. The van der Waals surface area contributed by atoms with Gasteiger partial charge in [0, 0.05) is 32.2 Å². The maximum Gasteiger partial charge on any atom is 0.328 e. The average Bonchev–Trinajstić information content (AvgIpc) is 3.05. The first-order chi connectivity index (χ1) is 10.1. The Labute approximate surface area is 125 Å². The molecule has 9 heteroatoms. The van der Waals surface area contributed by atoms with Crippen LogP contribution < -0.4 is 5.32 Å². The Hall–Kier alpha value is -1.77. The molecule has 0 aromatic carbocycles. The van der Waals surface area contributed by atoms with E-state index in [9.17, 15) is 19.2 Å². The Kier molecular flexibility index (Phi) is 3.75. The summed E-state index contributed by atoms with van der Waals surface area (Å²) in [6, 6.07) is -0.781. The zero-order chi connectivity index (χ0) is 15.0. The van der Waals surface area contributed by atoms with Crippen molar-refractivity contribution in [1.82, 2.24) is 20.0 Å². The second-order valence-electron chi connectivity index (χ2n) is 5.20. The topological polar surface area (TPSA) is 90.0 Å². The maximum absolute atomic E-state index is 12.2. The summed E-state index contributed by atoms with van der Waals surface area (Å²) in [5.74, 6) is 0.0695. The Morgan fingerprint density at radius 2 is 1.86 bits per heavy atom. The monoisotopic (exact) mass is 312 g/mol. The molecule has 0 atom stereocenters. The summed E-state index contributed by atoms with van der Waals surface area (Å²) in [5.41, 5.74) is 0. The highest BCUT2D eigenvalue weighted by Crippen LogP contribution is 2.27. The Bertz CT molecular complexity index is 487. The highest BCUT2D eigenvalue weighted by Gasteiger charge is 2.39. The van der Waals surface area contributed by atoms with Gasteiger partial charge in [0.1, 0.15) is 0 Å². The van der Waals surface area contributed by atoms with E-state index < -0.39 is 0 Å². The summed E-state index contributed by atoms with van der Waals surface area (Å²) in [6.07, 6.45) is 1.14. The van der Waals surface area contributed by atoms with Gasteiger partial charge in [0.15, 0.2) is 0 Å². The van der Waals surface area contributed by atoms with Crippen molar-refractivity contribution in [2.45, 2.75) is 18.9 Å². The van der Waals surface area contributed by atoms with Crippen molar-refractivity contribution in [1.29, 1.82) is 0 Å². The number of hydrogen-bond acceptors (Lipinski definition) is 5. The summed E-state index contributed by atoms with van der Waals surface area (Å²) in [7, 11) is 0. The first kappa shape index (κ1) is 14.2. The van der Waals surface area contributed by atoms with E-state index in [0.29, 0.717) is 39.0 Å². The van der Waals surface area contributed by atoms with Gasteiger partial charge in [-0.25, -0.2) is 14.5 Å². The number of thioether (sulfide) groups is 1. The molecule has 0 bridgehead atoms. The quantitative estimate of drug-likeness (QED) is 0.751. The number of likely N-dealkylation sites (tertiary alicyclic amines) is 1. The second kappa shape index (κ2) is 5.55. The fraction of sp³-hybridized carbons (Fsp3) is 0.667.